The van der Waals surface area contributed by atoms with Gasteiger partial charge < -0.3 is 9.67 Å². The second kappa shape index (κ2) is 3.44. The van der Waals surface area contributed by atoms with Crippen LogP contribution >= 0.6 is 0 Å². The summed E-state index contributed by atoms with van der Waals surface area (Å²) in [4.78, 5) is 26.8. The number of aryl methyl sites for hydroxylation is 2. The molecule has 0 aliphatic rings. The van der Waals surface area contributed by atoms with Gasteiger partial charge in [-0.2, -0.15) is 0 Å². The van der Waals surface area contributed by atoms with Crippen LogP contribution in [-0.2, 0) is 7.05 Å². The molecule has 1 N–H and O–H groups in total. The lowest BCUT2D eigenvalue weighted by molar-refractivity contribution is 0.0696. The topological polar surface area (TPSA) is 72.2 Å². The van der Waals surface area contributed by atoms with E-state index in [-0.39, 0.29) is 11.1 Å². The summed E-state index contributed by atoms with van der Waals surface area (Å²) < 4.78 is 1.39. The summed E-state index contributed by atoms with van der Waals surface area (Å²) in [6, 6.07) is 3.07. The van der Waals surface area contributed by atoms with Crippen molar-refractivity contribution < 1.29 is 9.90 Å². The summed E-state index contributed by atoms with van der Waals surface area (Å²) in [5.41, 5.74) is 0.752. The summed E-state index contributed by atoms with van der Waals surface area (Å²) in [5.74, 6) is -1.07. The smallest absolute Gasteiger partial charge is 0.337 e. The van der Waals surface area contributed by atoms with Gasteiger partial charge in [0.05, 0.1) is 22.2 Å². The molecule has 2 rings (SSSR count). The lowest BCUT2D eigenvalue weighted by Crippen LogP contribution is -2.17. The average Bonchev–Trinajstić information content (AvgIpc) is 2.23. The van der Waals surface area contributed by atoms with Gasteiger partial charge in [-0.1, -0.05) is 0 Å². The number of aromatic nitrogens is 2. The first-order chi connectivity index (χ1) is 7.50. The van der Waals surface area contributed by atoms with Crippen molar-refractivity contribution in [2.45, 2.75) is 6.92 Å². The lowest BCUT2D eigenvalue weighted by atomic mass is 10.1. The zero-order valence-electron chi connectivity index (χ0n) is 8.89. The predicted molar refractivity (Wildman–Crippen MR) is 58.7 cm³/mol. The van der Waals surface area contributed by atoms with Crippen LogP contribution in [0.15, 0.2) is 23.1 Å². The van der Waals surface area contributed by atoms with E-state index < -0.39 is 5.97 Å². The molecule has 0 aromatic carbocycles. The molecule has 0 saturated heterocycles. The summed E-state index contributed by atoms with van der Waals surface area (Å²) >= 11 is 0. The average molecular weight is 218 g/mol. The Morgan fingerprint density at radius 1 is 1.50 bits per heavy atom. The third kappa shape index (κ3) is 1.46. The third-order valence-corrected chi connectivity index (χ3v) is 2.48. The van der Waals surface area contributed by atoms with E-state index in [4.69, 9.17) is 5.11 Å². The molecule has 16 heavy (non-hydrogen) atoms. The van der Waals surface area contributed by atoms with Crippen LogP contribution in [0.1, 0.15) is 16.1 Å². The molecule has 0 unspecified atom stereocenters. The maximum atomic E-state index is 11.7. The molecule has 5 nitrogen and oxygen atoms in total. The number of nitrogens with zero attached hydrogens (tertiary/aromatic N) is 2. The quantitative estimate of drug-likeness (QED) is 0.773. The SMILES string of the molecule is Cc1nc2ccn(C)c(=O)c2cc1C(=O)O. The summed E-state index contributed by atoms with van der Waals surface area (Å²) in [7, 11) is 1.61. The number of hydrogen-bond acceptors (Lipinski definition) is 3. The Kier molecular flexibility index (Phi) is 2.23. The van der Waals surface area contributed by atoms with Crippen LogP contribution in [0.4, 0.5) is 0 Å². The number of carboxylic acid groups (broad SMARTS) is 1. The van der Waals surface area contributed by atoms with Crippen LogP contribution in [0.3, 0.4) is 0 Å². The third-order valence-electron chi connectivity index (χ3n) is 2.48. The molecule has 0 amide bonds. The fraction of sp³-hybridized carbons (Fsp3) is 0.182. The minimum Gasteiger partial charge on any atom is -0.478 e. The van der Waals surface area contributed by atoms with Crippen molar-refractivity contribution >= 4 is 16.9 Å². The molecule has 0 aliphatic heterocycles. The first kappa shape index (κ1) is 10.4. The highest BCUT2D eigenvalue weighted by Crippen LogP contribution is 2.12. The van der Waals surface area contributed by atoms with Gasteiger partial charge in [0, 0.05) is 13.2 Å². The highest BCUT2D eigenvalue weighted by atomic mass is 16.4. The number of aromatic carboxylic acids is 1. The van der Waals surface area contributed by atoms with Crippen molar-refractivity contribution in [3.05, 3.63) is 39.9 Å². The summed E-state index contributed by atoms with van der Waals surface area (Å²) in [6.07, 6.45) is 1.61. The molecule has 5 heteroatoms. The molecular formula is C11H10N2O3. The molecule has 0 bridgehead atoms. The first-order valence-corrected chi connectivity index (χ1v) is 4.71. The molecule has 82 valence electrons. The van der Waals surface area contributed by atoms with Crippen molar-refractivity contribution in [3.63, 3.8) is 0 Å². The molecule has 0 atom stereocenters. The van der Waals surface area contributed by atoms with E-state index in [1.54, 1.807) is 26.2 Å². The van der Waals surface area contributed by atoms with E-state index in [1.165, 1.54) is 10.6 Å². The largest absolute Gasteiger partial charge is 0.478 e. The molecule has 2 heterocycles. The van der Waals surface area contributed by atoms with E-state index in [9.17, 15) is 9.59 Å². The maximum Gasteiger partial charge on any atom is 0.337 e. The van der Waals surface area contributed by atoms with Crippen molar-refractivity contribution in [2.75, 3.05) is 0 Å². The minimum atomic E-state index is -1.07. The van der Waals surface area contributed by atoms with Crippen molar-refractivity contribution in [1.82, 2.24) is 9.55 Å². The molecule has 0 fully saturated rings. The van der Waals surface area contributed by atoms with Gasteiger partial charge in [0.1, 0.15) is 0 Å². The Hall–Kier alpha value is -2.17. The Morgan fingerprint density at radius 3 is 2.81 bits per heavy atom. The number of hydrogen-bond donors (Lipinski definition) is 1. The number of carbonyl (C=O) groups is 1. The zero-order valence-corrected chi connectivity index (χ0v) is 8.89. The predicted octanol–water partition coefficient (Wildman–Crippen LogP) is 0.940. The van der Waals surface area contributed by atoms with Gasteiger partial charge in [-0.25, -0.2) is 4.79 Å². The minimum absolute atomic E-state index is 0.0656. The number of fused-ring (bicyclic) bond motifs is 1. The fourth-order valence-corrected chi connectivity index (χ4v) is 1.58. The molecule has 0 spiro atoms. The van der Waals surface area contributed by atoms with Gasteiger partial charge in [0.15, 0.2) is 0 Å². The van der Waals surface area contributed by atoms with Gasteiger partial charge in [0.25, 0.3) is 5.56 Å². The van der Waals surface area contributed by atoms with Crippen LogP contribution in [0, 0.1) is 6.92 Å². The van der Waals surface area contributed by atoms with Crippen LogP contribution in [0.5, 0.6) is 0 Å². The van der Waals surface area contributed by atoms with Gasteiger partial charge in [-0.15, -0.1) is 0 Å². The van der Waals surface area contributed by atoms with Crippen LogP contribution < -0.4 is 5.56 Å². The first-order valence-electron chi connectivity index (χ1n) is 4.71. The lowest BCUT2D eigenvalue weighted by Gasteiger charge is -2.04. The zero-order chi connectivity index (χ0) is 11.9. The van der Waals surface area contributed by atoms with Crippen molar-refractivity contribution in [3.8, 4) is 0 Å². The number of pyridine rings is 2. The maximum absolute atomic E-state index is 11.7. The van der Waals surface area contributed by atoms with Crippen LogP contribution in [-0.4, -0.2) is 20.6 Å². The molecule has 2 aromatic heterocycles. The Labute approximate surface area is 91.0 Å². The monoisotopic (exact) mass is 218 g/mol. The Balaban J connectivity index is 2.92. The van der Waals surface area contributed by atoms with Crippen molar-refractivity contribution in [1.29, 1.82) is 0 Å². The molecule has 0 saturated carbocycles. The normalized spacial score (nSPS) is 10.6. The van der Waals surface area contributed by atoms with Gasteiger partial charge in [-0.3, -0.25) is 9.78 Å². The van der Waals surface area contributed by atoms with Crippen LogP contribution in [0.2, 0.25) is 0 Å². The Morgan fingerprint density at radius 2 is 2.19 bits per heavy atom. The summed E-state index contributed by atoms with van der Waals surface area (Å²) in [5, 5.41) is 9.26. The number of carboxylic acids is 1. The van der Waals surface area contributed by atoms with E-state index in [0.29, 0.717) is 16.6 Å². The second-order valence-corrected chi connectivity index (χ2v) is 3.59. The molecule has 0 aliphatic carbocycles. The highest BCUT2D eigenvalue weighted by molar-refractivity contribution is 5.93. The van der Waals surface area contributed by atoms with E-state index >= 15 is 0 Å². The molecule has 0 radical (unpaired) electrons. The standard InChI is InChI=1S/C11H10N2O3/c1-6-7(11(15)16)5-8-9(12-6)3-4-13(2)10(8)14/h3-5H,1-2H3,(H,15,16). The van der Waals surface area contributed by atoms with Gasteiger partial charge >= 0.3 is 5.97 Å². The van der Waals surface area contributed by atoms with E-state index in [0.717, 1.165) is 0 Å². The summed E-state index contributed by atoms with van der Waals surface area (Å²) in [6.45, 7) is 1.61. The molecular weight excluding hydrogens is 208 g/mol. The van der Waals surface area contributed by atoms with Crippen molar-refractivity contribution in [2.24, 2.45) is 7.05 Å². The van der Waals surface area contributed by atoms with Crippen LogP contribution in [0.25, 0.3) is 10.9 Å². The highest BCUT2D eigenvalue weighted by Gasteiger charge is 2.11. The van der Waals surface area contributed by atoms with E-state index in [2.05, 4.69) is 4.98 Å². The molecule has 2 aromatic rings. The van der Waals surface area contributed by atoms with Gasteiger partial charge in [-0.05, 0) is 19.1 Å². The van der Waals surface area contributed by atoms with Gasteiger partial charge in [0.2, 0.25) is 0 Å². The number of rotatable bonds is 1. The fourth-order valence-electron chi connectivity index (χ4n) is 1.58. The Bertz CT molecular complexity index is 643. The van der Waals surface area contributed by atoms with E-state index in [1.807, 2.05) is 0 Å². The second-order valence-electron chi connectivity index (χ2n) is 3.59.